The zero-order valence-corrected chi connectivity index (χ0v) is 14.2. The Morgan fingerprint density at radius 3 is 2.95 bits per heavy atom. The highest BCUT2D eigenvalue weighted by Crippen LogP contribution is 2.23. The number of morpholine rings is 1. The SMILES string of the molecule is C[C@H]1OCCN[C@@H]1C(=O)NCC(C)(C)Cc1cccc(Cl)c1. The van der Waals surface area contributed by atoms with Crippen molar-refractivity contribution in [2.45, 2.75) is 39.3 Å². The fourth-order valence-corrected chi connectivity index (χ4v) is 2.94. The molecule has 1 fully saturated rings. The Kier molecular flexibility index (Phi) is 5.84. The van der Waals surface area contributed by atoms with Crippen molar-refractivity contribution >= 4 is 17.5 Å². The van der Waals surface area contributed by atoms with Crippen LogP contribution in [0.25, 0.3) is 0 Å². The van der Waals surface area contributed by atoms with Crippen molar-refractivity contribution in [2.24, 2.45) is 5.41 Å². The molecule has 1 aromatic carbocycles. The first-order valence-corrected chi connectivity index (χ1v) is 8.12. The van der Waals surface area contributed by atoms with Gasteiger partial charge in [-0.15, -0.1) is 0 Å². The largest absolute Gasteiger partial charge is 0.375 e. The van der Waals surface area contributed by atoms with Crippen LogP contribution in [0.5, 0.6) is 0 Å². The maximum Gasteiger partial charge on any atom is 0.239 e. The van der Waals surface area contributed by atoms with Crippen LogP contribution in [0.3, 0.4) is 0 Å². The van der Waals surface area contributed by atoms with E-state index in [1.54, 1.807) is 0 Å². The van der Waals surface area contributed by atoms with Crippen molar-refractivity contribution in [1.82, 2.24) is 10.6 Å². The fraction of sp³-hybridized carbons (Fsp3) is 0.588. The van der Waals surface area contributed by atoms with Gasteiger partial charge in [-0.1, -0.05) is 37.6 Å². The molecule has 0 bridgehead atoms. The lowest BCUT2D eigenvalue weighted by Gasteiger charge is -2.31. The van der Waals surface area contributed by atoms with E-state index < -0.39 is 0 Å². The zero-order valence-electron chi connectivity index (χ0n) is 13.5. The van der Waals surface area contributed by atoms with Crippen molar-refractivity contribution in [3.05, 3.63) is 34.9 Å². The zero-order chi connectivity index (χ0) is 16.2. The minimum absolute atomic E-state index is 0.00590. The van der Waals surface area contributed by atoms with Crippen LogP contribution in [0.2, 0.25) is 5.02 Å². The van der Waals surface area contributed by atoms with Gasteiger partial charge in [0, 0.05) is 18.1 Å². The van der Waals surface area contributed by atoms with Crippen molar-refractivity contribution < 1.29 is 9.53 Å². The summed E-state index contributed by atoms with van der Waals surface area (Å²) in [5, 5.41) is 7.00. The van der Waals surface area contributed by atoms with E-state index in [0.29, 0.717) is 19.7 Å². The molecule has 1 aromatic rings. The molecule has 5 heteroatoms. The Bertz CT molecular complexity index is 519. The van der Waals surface area contributed by atoms with Gasteiger partial charge in [-0.05, 0) is 36.5 Å². The number of ether oxygens (including phenoxy) is 1. The van der Waals surface area contributed by atoms with E-state index in [0.717, 1.165) is 11.4 Å². The monoisotopic (exact) mass is 324 g/mol. The number of rotatable bonds is 5. The highest BCUT2D eigenvalue weighted by atomic mass is 35.5. The molecule has 1 amide bonds. The molecule has 2 N–H and O–H groups in total. The van der Waals surface area contributed by atoms with E-state index in [1.807, 2.05) is 25.1 Å². The lowest BCUT2D eigenvalue weighted by Crippen LogP contribution is -2.56. The van der Waals surface area contributed by atoms with Gasteiger partial charge in [0.05, 0.1) is 12.7 Å². The minimum Gasteiger partial charge on any atom is -0.375 e. The Hall–Kier alpha value is -1.10. The van der Waals surface area contributed by atoms with E-state index >= 15 is 0 Å². The molecule has 1 saturated heterocycles. The standard InChI is InChI=1S/C17H25ClN2O2/c1-12-15(19-7-8-22-12)16(21)20-11-17(2,3)10-13-5-4-6-14(18)9-13/h4-6,9,12,15,19H,7-8,10-11H2,1-3H3,(H,20,21)/t12-,15+/m1/s1. The van der Waals surface area contributed by atoms with E-state index in [1.165, 1.54) is 5.56 Å². The quantitative estimate of drug-likeness (QED) is 0.874. The van der Waals surface area contributed by atoms with E-state index in [-0.39, 0.29) is 23.5 Å². The van der Waals surface area contributed by atoms with Gasteiger partial charge in [0.2, 0.25) is 5.91 Å². The summed E-state index contributed by atoms with van der Waals surface area (Å²) in [6, 6.07) is 7.60. The average Bonchev–Trinajstić information content (AvgIpc) is 2.45. The van der Waals surface area contributed by atoms with E-state index in [2.05, 4.69) is 30.5 Å². The molecule has 2 rings (SSSR count). The second-order valence-electron chi connectivity index (χ2n) is 6.70. The molecule has 1 heterocycles. The van der Waals surface area contributed by atoms with Crippen LogP contribution in [-0.2, 0) is 16.0 Å². The van der Waals surface area contributed by atoms with Gasteiger partial charge in [0.1, 0.15) is 6.04 Å². The van der Waals surface area contributed by atoms with Gasteiger partial charge in [-0.2, -0.15) is 0 Å². The maximum absolute atomic E-state index is 12.3. The van der Waals surface area contributed by atoms with Crippen LogP contribution >= 0.6 is 11.6 Å². The molecule has 0 aliphatic carbocycles. The molecular formula is C17H25ClN2O2. The second kappa shape index (κ2) is 7.44. The summed E-state index contributed by atoms with van der Waals surface area (Å²) in [5.74, 6) is 0.00590. The topological polar surface area (TPSA) is 50.4 Å². The average molecular weight is 325 g/mol. The molecule has 4 nitrogen and oxygen atoms in total. The lowest BCUT2D eigenvalue weighted by molar-refractivity contribution is -0.129. The Labute approximate surface area is 137 Å². The minimum atomic E-state index is -0.268. The summed E-state index contributed by atoms with van der Waals surface area (Å²) in [6.45, 7) is 8.20. The van der Waals surface area contributed by atoms with Gasteiger partial charge in [-0.25, -0.2) is 0 Å². The van der Waals surface area contributed by atoms with Crippen molar-refractivity contribution in [1.29, 1.82) is 0 Å². The first kappa shape index (κ1) is 17.3. The van der Waals surface area contributed by atoms with Gasteiger partial charge >= 0.3 is 0 Å². The predicted molar refractivity (Wildman–Crippen MR) is 89.2 cm³/mol. The van der Waals surface area contributed by atoms with Gasteiger partial charge in [0.15, 0.2) is 0 Å². The molecule has 0 saturated carbocycles. The Morgan fingerprint density at radius 1 is 1.50 bits per heavy atom. The highest BCUT2D eigenvalue weighted by molar-refractivity contribution is 6.30. The number of amides is 1. The maximum atomic E-state index is 12.3. The highest BCUT2D eigenvalue weighted by Gasteiger charge is 2.29. The Balaban J connectivity index is 1.87. The van der Waals surface area contributed by atoms with E-state index in [9.17, 15) is 4.79 Å². The van der Waals surface area contributed by atoms with Crippen LogP contribution in [0.4, 0.5) is 0 Å². The van der Waals surface area contributed by atoms with Crippen molar-refractivity contribution in [3.63, 3.8) is 0 Å². The third-order valence-corrected chi connectivity index (χ3v) is 4.15. The first-order chi connectivity index (χ1) is 10.4. The predicted octanol–water partition coefficient (Wildman–Crippen LogP) is 2.40. The molecule has 122 valence electrons. The smallest absolute Gasteiger partial charge is 0.239 e. The molecular weight excluding hydrogens is 300 g/mol. The summed E-state index contributed by atoms with van der Waals surface area (Å²) in [7, 11) is 0. The molecule has 0 unspecified atom stereocenters. The van der Waals surface area contributed by atoms with Crippen molar-refractivity contribution in [3.8, 4) is 0 Å². The van der Waals surface area contributed by atoms with Crippen molar-refractivity contribution in [2.75, 3.05) is 19.7 Å². The summed E-state index contributed by atoms with van der Waals surface area (Å²) < 4.78 is 5.51. The van der Waals surface area contributed by atoms with Gasteiger partial charge in [0.25, 0.3) is 0 Å². The summed E-state index contributed by atoms with van der Waals surface area (Å²) in [4.78, 5) is 12.3. The van der Waals surface area contributed by atoms with Gasteiger partial charge < -0.3 is 15.4 Å². The molecule has 0 radical (unpaired) electrons. The number of carbonyl (C=O) groups is 1. The number of hydrogen-bond donors (Lipinski definition) is 2. The third kappa shape index (κ3) is 4.97. The van der Waals surface area contributed by atoms with Crippen LogP contribution in [0.1, 0.15) is 26.3 Å². The molecule has 1 aliphatic heterocycles. The number of carbonyl (C=O) groups excluding carboxylic acids is 1. The first-order valence-electron chi connectivity index (χ1n) is 7.74. The molecule has 0 spiro atoms. The number of nitrogens with one attached hydrogen (secondary N) is 2. The van der Waals surface area contributed by atoms with Crippen LogP contribution < -0.4 is 10.6 Å². The number of halogens is 1. The molecule has 2 atom stereocenters. The van der Waals surface area contributed by atoms with Crippen LogP contribution in [0.15, 0.2) is 24.3 Å². The molecule has 0 aromatic heterocycles. The summed E-state index contributed by atoms with van der Waals surface area (Å²) in [5.41, 5.74) is 1.14. The summed E-state index contributed by atoms with van der Waals surface area (Å²) in [6.07, 6.45) is 0.766. The summed E-state index contributed by atoms with van der Waals surface area (Å²) >= 11 is 6.03. The fourth-order valence-electron chi connectivity index (χ4n) is 2.73. The van der Waals surface area contributed by atoms with Crippen LogP contribution in [0, 0.1) is 5.41 Å². The van der Waals surface area contributed by atoms with Crippen LogP contribution in [-0.4, -0.2) is 37.7 Å². The lowest BCUT2D eigenvalue weighted by atomic mass is 9.85. The van der Waals surface area contributed by atoms with E-state index in [4.69, 9.17) is 16.3 Å². The second-order valence-corrected chi connectivity index (χ2v) is 7.13. The van der Waals surface area contributed by atoms with Gasteiger partial charge in [-0.3, -0.25) is 4.79 Å². The normalized spacial score (nSPS) is 22.4. The molecule has 1 aliphatic rings. The molecule has 22 heavy (non-hydrogen) atoms. The number of benzene rings is 1. The Morgan fingerprint density at radius 2 is 2.27 bits per heavy atom. The third-order valence-electron chi connectivity index (χ3n) is 3.91. The number of hydrogen-bond acceptors (Lipinski definition) is 3.